The van der Waals surface area contributed by atoms with E-state index in [0.717, 1.165) is 51.6 Å². The summed E-state index contributed by atoms with van der Waals surface area (Å²) >= 11 is 0. The first-order valence-corrected chi connectivity index (χ1v) is 10.5. The fraction of sp³-hybridized carbons (Fsp3) is 0.682. The normalized spacial score (nSPS) is 21.2. The van der Waals surface area contributed by atoms with Gasteiger partial charge in [0.2, 0.25) is 0 Å². The number of piperidine rings is 1. The SMILES string of the molecule is CN=C(NCC1(c2ccccc2)CCOCC1)NC1CCN(C(C)C)CC1.I. The van der Waals surface area contributed by atoms with Crippen LogP contribution in [0.1, 0.15) is 45.1 Å². The van der Waals surface area contributed by atoms with Gasteiger partial charge in [-0.25, -0.2) is 0 Å². The van der Waals surface area contributed by atoms with E-state index in [0.29, 0.717) is 12.1 Å². The second-order valence-electron chi connectivity index (χ2n) is 8.23. The average Bonchev–Trinajstić information content (AvgIpc) is 2.72. The lowest BCUT2D eigenvalue weighted by atomic mass is 9.74. The fourth-order valence-electron chi connectivity index (χ4n) is 4.32. The number of rotatable bonds is 5. The molecule has 5 nitrogen and oxygen atoms in total. The zero-order valence-electron chi connectivity index (χ0n) is 17.6. The van der Waals surface area contributed by atoms with Gasteiger partial charge in [0.25, 0.3) is 0 Å². The van der Waals surface area contributed by atoms with Crippen molar-refractivity contribution in [2.45, 2.75) is 57.0 Å². The summed E-state index contributed by atoms with van der Waals surface area (Å²) in [5.74, 6) is 0.930. The van der Waals surface area contributed by atoms with Crippen molar-refractivity contribution in [3.8, 4) is 0 Å². The third kappa shape index (κ3) is 6.07. The van der Waals surface area contributed by atoms with E-state index in [1.165, 1.54) is 18.4 Å². The van der Waals surface area contributed by atoms with Crippen LogP contribution in [-0.2, 0) is 10.2 Å². The van der Waals surface area contributed by atoms with Crippen molar-refractivity contribution in [1.29, 1.82) is 0 Å². The predicted molar refractivity (Wildman–Crippen MR) is 128 cm³/mol. The Hall–Kier alpha value is -0.860. The number of likely N-dealkylation sites (tertiary alicyclic amines) is 1. The van der Waals surface area contributed by atoms with E-state index in [9.17, 15) is 0 Å². The maximum Gasteiger partial charge on any atom is 0.191 e. The highest BCUT2D eigenvalue weighted by Gasteiger charge is 2.34. The first-order chi connectivity index (χ1) is 13.1. The number of guanidine groups is 1. The topological polar surface area (TPSA) is 48.9 Å². The standard InChI is InChI=1S/C22H36N4O.HI/c1-18(2)26-13-9-20(10-14-26)25-21(23-3)24-17-22(11-15-27-16-12-22)19-7-5-4-6-8-19;/h4-8,18,20H,9-17H2,1-3H3,(H2,23,24,25);1H. The zero-order valence-corrected chi connectivity index (χ0v) is 19.9. The minimum absolute atomic E-state index is 0. The molecule has 1 aromatic carbocycles. The largest absolute Gasteiger partial charge is 0.381 e. The molecule has 158 valence electrons. The molecule has 0 aliphatic carbocycles. The smallest absolute Gasteiger partial charge is 0.191 e. The zero-order chi connectivity index (χ0) is 19.1. The minimum atomic E-state index is 0. The van der Waals surface area contributed by atoms with Gasteiger partial charge in [-0.15, -0.1) is 24.0 Å². The molecule has 6 heteroatoms. The van der Waals surface area contributed by atoms with Crippen molar-refractivity contribution in [3.05, 3.63) is 35.9 Å². The summed E-state index contributed by atoms with van der Waals surface area (Å²) in [5.41, 5.74) is 1.53. The number of nitrogens with one attached hydrogen (secondary N) is 2. The van der Waals surface area contributed by atoms with E-state index in [2.05, 4.69) is 64.7 Å². The highest BCUT2D eigenvalue weighted by Crippen LogP contribution is 2.34. The highest BCUT2D eigenvalue weighted by atomic mass is 127. The van der Waals surface area contributed by atoms with Gasteiger partial charge in [0.1, 0.15) is 0 Å². The van der Waals surface area contributed by atoms with E-state index >= 15 is 0 Å². The molecule has 1 aromatic rings. The van der Waals surface area contributed by atoms with Crippen molar-refractivity contribution in [3.63, 3.8) is 0 Å². The number of ether oxygens (including phenoxy) is 1. The van der Waals surface area contributed by atoms with Crippen molar-refractivity contribution >= 4 is 29.9 Å². The molecule has 0 saturated carbocycles. The van der Waals surface area contributed by atoms with Gasteiger partial charge >= 0.3 is 0 Å². The van der Waals surface area contributed by atoms with Crippen molar-refractivity contribution in [2.75, 3.05) is 39.9 Å². The van der Waals surface area contributed by atoms with Crippen LogP contribution in [0.5, 0.6) is 0 Å². The van der Waals surface area contributed by atoms with E-state index in [-0.39, 0.29) is 29.4 Å². The van der Waals surface area contributed by atoms with Crippen molar-refractivity contribution in [1.82, 2.24) is 15.5 Å². The van der Waals surface area contributed by atoms with Crippen LogP contribution in [-0.4, -0.2) is 62.8 Å². The van der Waals surface area contributed by atoms with E-state index in [4.69, 9.17) is 4.74 Å². The maximum absolute atomic E-state index is 5.65. The average molecular weight is 500 g/mol. The van der Waals surface area contributed by atoms with Gasteiger partial charge in [-0.2, -0.15) is 0 Å². The Morgan fingerprint density at radius 2 is 1.82 bits per heavy atom. The number of nitrogens with zero attached hydrogens (tertiary/aromatic N) is 2. The van der Waals surface area contributed by atoms with Crippen LogP contribution in [0.4, 0.5) is 0 Å². The van der Waals surface area contributed by atoms with Crippen LogP contribution in [0.3, 0.4) is 0 Å². The molecule has 0 bridgehead atoms. The molecular weight excluding hydrogens is 463 g/mol. The second kappa shape index (κ2) is 11.4. The lowest BCUT2D eigenvalue weighted by molar-refractivity contribution is 0.0513. The number of aliphatic imine (C=N–C) groups is 1. The molecule has 0 radical (unpaired) electrons. The molecule has 0 amide bonds. The summed E-state index contributed by atoms with van der Waals surface area (Å²) in [5, 5.41) is 7.28. The van der Waals surface area contributed by atoms with Crippen LogP contribution in [0, 0.1) is 0 Å². The van der Waals surface area contributed by atoms with E-state index in [1.54, 1.807) is 0 Å². The van der Waals surface area contributed by atoms with Gasteiger partial charge in [0.05, 0.1) is 0 Å². The predicted octanol–water partition coefficient (Wildman–Crippen LogP) is 3.39. The summed E-state index contributed by atoms with van der Waals surface area (Å²) < 4.78 is 5.65. The van der Waals surface area contributed by atoms with Gasteiger partial charge in [-0.05, 0) is 45.1 Å². The number of benzene rings is 1. The molecule has 2 saturated heterocycles. The lowest BCUT2D eigenvalue weighted by Crippen LogP contribution is -2.52. The summed E-state index contributed by atoms with van der Waals surface area (Å²) in [7, 11) is 1.87. The van der Waals surface area contributed by atoms with Crippen molar-refractivity contribution < 1.29 is 4.74 Å². The second-order valence-corrected chi connectivity index (χ2v) is 8.23. The number of hydrogen-bond donors (Lipinski definition) is 2. The minimum Gasteiger partial charge on any atom is -0.381 e. The quantitative estimate of drug-likeness (QED) is 0.370. The Labute approximate surface area is 187 Å². The molecule has 0 unspecified atom stereocenters. The van der Waals surface area contributed by atoms with Crippen molar-refractivity contribution in [2.24, 2.45) is 4.99 Å². The van der Waals surface area contributed by atoms with Gasteiger partial charge < -0.3 is 20.3 Å². The van der Waals surface area contributed by atoms with Crippen LogP contribution < -0.4 is 10.6 Å². The Bertz CT molecular complexity index is 594. The van der Waals surface area contributed by atoms with Crippen LogP contribution in [0.2, 0.25) is 0 Å². The Balaban J connectivity index is 0.00000280. The van der Waals surface area contributed by atoms with Crippen LogP contribution in [0.25, 0.3) is 0 Å². The fourth-order valence-corrected chi connectivity index (χ4v) is 4.32. The molecular formula is C22H37IN4O. The first kappa shape index (κ1) is 23.4. The first-order valence-electron chi connectivity index (χ1n) is 10.5. The molecule has 2 N–H and O–H groups in total. The molecule has 2 fully saturated rings. The van der Waals surface area contributed by atoms with Gasteiger partial charge in [0.15, 0.2) is 5.96 Å². The summed E-state index contributed by atoms with van der Waals surface area (Å²) in [6, 6.07) is 12.0. The molecule has 2 heterocycles. The molecule has 0 atom stereocenters. The maximum atomic E-state index is 5.65. The summed E-state index contributed by atoms with van der Waals surface area (Å²) in [6.07, 6.45) is 4.45. The Kier molecular flexibility index (Phi) is 9.50. The highest BCUT2D eigenvalue weighted by molar-refractivity contribution is 14.0. The van der Waals surface area contributed by atoms with Gasteiger partial charge in [-0.1, -0.05) is 30.3 Å². The Morgan fingerprint density at radius 3 is 2.39 bits per heavy atom. The molecule has 28 heavy (non-hydrogen) atoms. The summed E-state index contributed by atoms with van der Waals surface area (Å²) in [4.78, 5) is 7.05. The molecule has 2 aliphatic heterocycles. The van der Waals surface area contributed by atoms with E-state index in [1.807, 2.05) is 7.05 Å². The number of hydrogen-bond acceptors (Lipinski definition) is 3. The van der Waals surface area contributed by atoms with Crippen LogP contribution in [0.15, 0.2) is 35.3 Å². The molecule has 0 aromatic heterocycles. The number of halogens is 1. The van der Waals surface area contributed by atoms with Crippen LogP contribution >= 0.6 is 24.0 Å². The molecule has 2 aliphatic rings. The lowest BCUT2D eigenvalue weighted by Gasteiger charge is -2.39. The molecule has 0 spiro atoms. The third-order valence-corrected chi connectivity index (χ3v) is 6.25. The van der Waals surface area contributed by atoms with Gasteiger partial charge in [-0.3, -0.25) is 4.99 Å². The Morgan fingerprint density at radius 1 is 1.18 bits per heavy atom. The third-order valence-electron chi connectivity index (χ3n) is 6.25. The monoisotopic (exact) mass is 500 g/mol. The van der Waals surface area contributed by atoms with E-state index < -0.39 is 0 Å². The summed E-state index contributed by atoms with van der Waals surface area (Å²) in [6.45, 7) is 9.45. The molecule has 3 rings (SSSR count). The van der Waals surface area contributed by atoms with Gasteiger partial charge in [0, 0.05) is 57.4 Å².